The third kappa shape index (κ3) is 5.06. The molecule has 0 unspecified atom stereocenters. The second-order valence-electron chi connectivity index (χ2n) is 5.92. The number of nitrogens with zero attached hydrogens (tertiary/aromatic N) is 1. The number of carbonyl (C=O) groups is 3. The molecular formula is C19H18N2O4S2. The van der Waals surface area contributed by atoms with Crippen molar-refractivity contribution in [3.63, 3.8) is 0 Å². The molecule has 0 aliphatic carbocycles. The summed E-state index contributed by atoms with van der Waals surface area (Å²) in [4.78, 5) is 38.9. The maximum Gasteiger partial charge on any atom is 0.294 e. The molecule has 3 rings (SSSR count). The van der Waals surface area contributed by atoms with Crippen molar-refractivity contribution >= 4 is 46.2 Å². The van der Waals surface area contributed by atoms with Crippen molar-refractivity contribution in [2.75, 3.05) is 13.2 Å². The maximum atomic E-state index is 12.4. The van der Waals surface area contributed by atoms with Gasteiger partial charge in [0.25, 0.3) is 11.1 Å². The van der Waals surface area contributed by atoms with E-state index in [1.54, 1.807) is 6.08 Å². The number of hydrogen-bond acceptors (Lipinski definition) is 6. The molecule has 8 heteroatoms. The highest BCUT2D eigenvalue weighted by Gasteiger charge is 2.36. The molecule has 0 radical (unpaired) electrons. The molecule has 1 fully saturated rings. The van der Waals surface area contributed by atoms with Crippen molar-refractivity contribution in [1.29, 1.82) is 0 Å². The van der Waals surface area contributed by atoms with Crippen molar-refractivity contribution in [3.05, 3.63) is 63.2 Å². The zero-order chi connectivity index (χ0) is 19.2. The lowest BCUT2D eigenvalue weighted by Gasteiger charge is -2.18. The molecule has 0 saturated carbocycles. The third-order valence-corrected chi connectivity index (χ3v) is 5.63. The van der Waals surface area contributed by atoms with Crippen LogP contribution in [0.5, 0.6) is 0 Å². The summed E-state index contributed by atoms with van der Waals surface area (Å²) in [6.07, 6.45) is 2.11. The minimum atomic E-state index is -0.485. The smallest absolute Gasteiger partial charge is 0.294 e. The van der Waals surface area contributed by atoms with E-state index in [1.165, 1.54) is 11.3 Å². The van der Waals surface area contributed by atoms with Crippen LogP contribution in [0.15, 0.2) is 52.7 Å². The summed E-state index contributed by atoms with van der Waals surface area (Å²) in [5, 5.41) is 13.6. The van der Waals surface area contributed by atoms with Gasteiger partial charge in [-0.3, -0.25) is 19.3 Å². The third-order valence-electron chi connectivity index (χ3n) is 3.90. The second kappa shape index (κ2) is 8.98. The van der Waals surface area contributed by atoms with Crippen LogP contribution in [0.3, 0.4) is 0 Å². The predicted molar refractivity (Wildman–Crippen MR) is 106 cm³/mol. The average molecular weight is 402 g/mol. The molecule has 2 N–H and O–H groups in total. The van der Waals surface area contributed by atoms with E-state index < -0.39 is 23.1 Å². The van der Waals surface area contributed by atoms with Gasteiger partial charge in [-0.1, -0.05) is 36.4 Å². The fourth-order valence-electron chi connectivity index (χ4n) is 2.62. The number of amides is 3. The molecule has 6 nitrogen and oxygen atoms in total. The first-order valence-electron chi connectivity index (χ1n) is 8.30. The lowest BCUT2D eigenvalue weighted by atomic mass is 10.1. The molecule has 0 spiro atoms. The molecule has 1 aliphatic heterocycles. The lowest BCUT2D eigenvalue weighted by molar-refractivity contribution is -0.129. The Morgan fingerprint density at radius 1 is 1.19 bits per heavy atom. The predicted octanol–water partition coefficient (Wildman–Crippen LogP) is 2.50. The van der Waals surface area contributed by atoms with Crippen LogP contribution in [-0.4, -0.2) is 46.3 Å². The molecule has 3 amide bonds. The number of imide groups is 1. The number of nitrogens with one attached hydrogen (secondary N) is 1. The van der Waals surface area contributed by atoms with E-state index in [1.807, 2.05) is 47.8 Å². The van der Waals surface area contributed by atoms with Gasteiger partial charge in [-0.05, 0) is 41.3 Å². The van der Waals surface area contributed by atoms with Crippen LogP contribution in [0.1, 0.15) is 10.4 Å². The van der Waals surface area contributed by atoms with Crippen LogP contribution in [-0.2, 0) is 16.0 Å². The monoisotopic (exact) mass is 402 g/mol. The Labute approximate surface area is 164 Å². The normalized spacial score (nSPS) is 16.8. The maximum absolute atomic E-state index is 12.4. The summed E-state index contributed by atoms with van der Waals surface area (Å²) in [5.74, 6) is -0.957. The zero-order valence-corrected chi connectivity index (χ0v) is 16.0. The van der Waals surface area contributed by atoms with E-state index in [4.69, 9.17) is 0 Å². The molecule has 0 bridgehead atoms. The van der Waals surface area contributed by atoms with E-state index in [2.05, 4.69) is 5.32 Å². The van der Waals surface area contributed by atoms with Crippen molar-refractivity contribution in [3.8, 4) is 0 Å². The Morgan fingerprint density at radius 2 is 1.96 bits per heavy atom. The average Bonchev–Trinajstić information content (AvgIpc) is 3.26. The van der Waals surface area contributed by atoms with Gasteiger partial charge in [0.2, 0.25) is 5.91 Å². The number of carbonyl (C=O) groups excluding carboxylic acids is 3. The number of rotatable bonds is 7. The molecule has 1 saturated heterocycles. The van der Waals surface area contributed by atoms with Gasteiger partial charge in [0.05, 0.1) is 17.6 Å². The van der Waals surface area contributed by atoms with Gasteiger partial charge in [-0.2, -0.15) is 0 Å². The Balaban J connectivity index is 1.59. The van der Waals surface area contributed by atoms with E-state index in [-0.39, 0.29) is 13.2 Å². The largest absolute Gasteiger partial charge is 0.394 e. The Hall–Kier alpha value is -2.42. The topological polar surface area (TPSA) is 86.7 Å². The number of benzene rings is 1. The summed E-state index contributed by atoms with van der Waals surface area (Å²) in [7, 11) is 0. The van der Waals surface area contributed by atoms with Crippen LogP contribution in [0.25, 0.3) is 6.08 Å². The Kier molecular flexibility index (Phi) is 6.44. The fraction of sp³-hybridized carbons (Fsp3) is 0.211. The van der Waals surface area contributed by atoms with Gasteiger partial charge in [0.1, 0.15) is 6.54 Å². The lowest BCUT2D eigenvalue weighted by Crippen LogP contribution is -2.45. The van der Waals surface area contributed by atoms with Gasteiger partial charge in [-0.25, -0.2) is 0 Å². The van der Waals surface area contributed by atoms with Crippen molar-refractivity contribution < 1.29 is 19.5 Å². The van der Waals surface area contributed by atoms with E-state index in [0.29, 0.717) is 11.3 Å². The van der Waals surface area contributed by atoms with E-state index in [0.717, 1.165) is 27.1 Å². The van der Waals surface area contributed by atoms with Crippen LogP contribution in [0.2, 0.25) is 0 Å². The van der Waals surface area contributed by atoms with Crippen molar-refractivity contribution in [2.24, 2.45) is 0 Å². The van der Waals surface area contributed by atoms with Gasteiger partial charge in [0.15, 0.2) is 0 Å². The van der Waals surface area contributed by atoms with Gasteiger partial charge < -0.3 is 10.4 Å². The van der Waals surface area contributed by atoms with Crippen molar-refractivity contribution in [2.45, 2.75) is 12.5 Å². The van der Waals surface area contributed by atoms with Crippen LogP contribution >= 0.6 is 23.1 Å². The summed E-state index contributed by atoms with van der Waals surface area (Å²) >= 11 is 2.29. The molecule has 27 heavy (non-hydrogen) atoms. The van der Waals surface area contributed by atoms with Gasteiger partial charge in [-0.15, -0.1) is 11.3 Å². The van der Waals surface area contributed by atoms with Crippen molar-refractivity contribution in [1.82, 2.24) is 10.2 Å². The standard InChI is InChI=1S/C19H18N2O4S2/c22-12-14(9-13-5-2-1-3-6-13)20-17(23)11-21-18(24)16(27-19(21)25)10-15-7-4-8-26-15/h1-8,10,14,22H,9,11-12H2,(H,20,23)/b16-10-/t14-/m0/s1. The van der Waals surface area contributed by atoms with Crippen LogP contribution in [0, 0.1) is 0 Å². The van der Waals surface area contributed by atoms with E-state index in [9.17, 15) is 19.5 Å². The Bertz CT molecular complexity index is 850. The van der Waals surface area contributed by atoms with E-state index >= 15 is 0 Å². The Morgan fingerprint density at radius 3 is 2.63 bits per heavy atom. The number of thioether (sulfide) groups is 1. The number of hydrogen-bond donors (Lipinski definition) is 2. The molecule has 2 heterocycles. The SMILES string of the molecule is O=C(CN1C(=O)S/C(=C\c2cccs2)C1=O)N[C@H](CO)Cc1ccccc1. The zero-order valence-electron chi connectivity index (χ0n) is 14.3. The molecular weight excluding hydrogens is 384 g/mol. The van der Waals surface area contributed by atoms with Crippen LogP contribution < -0.4 is 5.32 Å². The first kappa shape index (κ1) is 19.3. The first-order chi connectivity index (χ1) is 13.1. The number of aliphatic hydroxyl groups excluding tert-OH is 1. The fourth-order valence-corrected chi connectivity index (χ4v) is 4.18. The van der Waals surface area contributed by atoms with Crippen LogP contribution in [0.4, 0.5) is 4.79 Å². The molecule has 1 aromatic carbocycles. The minimum absolute atomic E-state index is 0.235. The molecule has 1 aliphatic rings. The molecule has 2 aromatic rings. The summed E-state index contributed by atoms with van der Waals surface area (Å²) in [6, 6.07) is 12.7. The van der Waals surface area contributed by atoms with Gasteiger partial charge >= 0.3 is 0 Å². The number of aliphatic hydroxyl groups is 1. The summed E-state index contributed by atoms with van der Waals surface area (Å²) < 4.78 is 0. The molecule has 140 valence electrons. The highest BCUT2D eigenvalue weighted by Crippen LogP contribution is 2.32. The molecule has 1 atom stereocenters. The minimum Gasteiger partial charge on any atom is -0.394 e. The highest BCUT2D eigenvalue weighted by atomic mass is 32.2. The first-order valence-corrected chi connectivity index (χ1v) is 9.99. The van der Waals surface area contributed by atoms with Gasteiger partial charge in [0, 0.05) is 4.88 Å². The highest BCUT2D eigenvalue weighted by molar-refractivity contribution is 8.18. The summed E-state index contributed by atoms with van der Waals surface area (Å²) in [5.41, 5.74) is 0.974. The summed E-state index contributed by atoms with van der Waals surface area (Å²) in [6.45, 7) is -0.599. The number of thiophene rings is 1. The quantitative estimate of drug-likeness (QED) is 0.695. The molecule has 1 aromatic heterocycles. The second-order valence-corrected chi connectivity index (χ2v) is 7.89.